The molecule has 0 spiro atoms. The second-order valence-electron chi connectivity index (χ2n) is 2.01. The van der Waals surface area contributed by atoms with Crippen molar-refractivity contribution in [2.75, 3.05) is 0 Å². The number of rotatable bonds is 2. The van der Waals surface area contributed by atoms with Crippen molar-refractivity contribution in [3.63, 3.8) is 0 Å². The van der Waals surface area contributed by atoms with Crippen molar-refractivity contribution in [3.05, 3.63) is 11.5 Å². The molecule has 7 heavy (non-hydrogen) atoms. The van der Waals surface area contributed by atoms with Crippen LogP contribution in [0.4, 0.5) is 0 Å². The molecule has 0 bridgehead atoms. The molecule has 0 aliphatic carbocycles. The summed E-state index contributed by atoms with van der Waals surface area (Å²) in [6, 6.07) is 0. The first-order chi connectivity index (χ1) is 3.27. The van der Waals surface area contributed by atoms with Gasteiger partial charge in [0.05, 0.1) is 0 Å². The molecule has 0 nitrogen and oxygen atoms in total. The van der Waals surface area contributed by atoms with E-state index in [0.717, 1.165) is 12.3 Å². The van der Waals surface area contributed by atoms with Gasteiger partial charge in [-0.15, -0.1) is 0 Å². The Labute approximate surface area is 51.0 Å². The van der Waals surface area contributed by atoms with Gasteiger partial charge in [0.25, 0.3) is 0 Å². The van der Waals surface area contributed by atoms with Crippen LogP contribution < -0.4 is 0 Å². The predicted octanol–water partition coefficient (Wildman–Crippen LogP) is 2.48. The third-order valence-corrected chi connectivity index (χ3v) is 0.924. The normalized spacial score (nSPS) is 11.4. The average Bonchev–Trinajstić information content (AvgIpc) is 1.61. The summed E-state index contributed by atoms with van der Waals surface area (Å²) in [5, 5.41) is 1.79. The zero-order valence-electron chi connectivity index (χ0n) is 4.89. The van der Waals surface area contributed by atoms with E-state index in [0.29, 0.717) is 0 Å². The summed E-state index contributed by atoms with van der Waals surface area (Å²) in [4.78, 5) is 0. The SMILES string of the molecule is CC(C)C/C=C/S. The highest BCUT2D eigenvalue weighted by atomic mass is 32.1. The minimum atomic E-state index is 0.767. The van der Waals surface area contributed by atoms with E-state index in [1.54, 1.807) is 5.41 Å². The molecule has 0 atom stereocenters. The van der Waals surface area contributed by atoms with Crippen molar-refractivity contribution < 1.29 is 0 Å². The smallest absolute Gasteiger partial charge is 0.0319 e. The topological polar surface area (TPSA) is 0 Å². The highest BCUT2D eigenvalue weighted by Gasteiger charge is 1.84. The third-order valence-electron chi connectivity index (χ3n) is 0.713. The summed E-state index contributed by atoms with van der Waals surface area (Å²) >= 11 is 3.91. The van der Waals surface area contributed by atoms with Crippen LogP contribution in [0, 0.1) is 5.92 Å². The standard InChI is InChI=1S/C6H12S/c1-6(2)4-3-5-7/h3,5-7H,4H2,1-2H3/b5-3+. The number of allylic oxidation sites excluding steroid dienone is 1. The fourth-order valence-corrected chi connectivity index (χ4v) is 0.455. The number of hydrogen-bond acceptors (Lipinski definition) is 1. The second kappa shape index (κ2) is 4.25. The first kappa shape index (κ1) is 7.09. The highest BCUT2D eigenvalue weighted by molar-refractivity contribution is 7.83. The van der Waals surface area contributed by atoms with Crippen LogP contribution in [0.25, 0.3) is 0 Å². The van der Waals surface area contributed by atoms with Crippen LogP contribution in [0.5, 0.6) is 0 Å². The molecule has 0 aliphatic rings. The van der Waals surface area contributed by atoms with Crippen LogP contribution in [-0.2, 0) is 0 Å². The lowest BCUT2D eigenvalue weighted by Gasteiger charge is -1.93. The molecule has 0 aromatic carbocycles. The van der Waals surface area contributed by atoms with E-state index in [1.807, 2.05) is 0 Å². The monoisotopic (exact) mass is 116 g/mol. The maximum absolute atomic E-state index is 3.91. The lowest BCUT2D eigenvalue weighted by molar-refractivity contribution is 0.664. The lowest BCUT2D eigenvalue weighted by atomic mass is 10.1. The molecule has 0 amide bonds. The van der Waals surface area contributed by atoms with Crippen molar-refractivity contribution in [3.8, 4) is 0 Å². The van der Waals surface area contributed by atoms with Gasteiger partial charge >= 0.3 is 0 Å². The molecule has 0 aromatic heterocycles. The van der Waals surface area contributed by atoms with Gasteiger partial charge in [0.1, 0.15) is 0 Å². The summed E-state index contributed by atoms with van der Waals surface area (Å²) in [7, 11) is 0. The van der Waals surface area contributed by atoms with Gasteiger partial charge in [-0.2, -0.15) is 12.6 Å². The third kappa shape index (κ3) is 6.09. The maximum atomic E-state index is 3.91. The molecule has 0 aliphatic heterocycles. The summed E-state index contributed by atoms with van der Waals surface area (Å²) in [5.41, 5.74) is 0. The highest BCUT2D eigenvalue weighted by Crippen LogP contribution is 1.99. The Morgan fingerprint density at radius 1 is 1.57 bits per heavy atom. The summed E-state index contributed by atoms with van der Waals surface area (Å²) in [6.45, 7) is 4.38. The van der Waals surface area contributed by atoms with E-state index in [4.69, 9.17) is 0 Å². The van der Waals surface area contributed by atoms with Crippen molar-refractivity contribution in [2.24, 2.45) is 5.92 Å². The van der Waals surface area contributed by atoms with Gasteiger partial charge in [-0.1, -0.05) is 19.9 Å². The van der Waals surface area contributed by atoms with Crippen LogP contribution in [0.2, 0.25) is 0 Å². The molecular formula is C6H12S. The first-order valence-corrected chi connectivity index (χ1v) is 3.08. The molecule has 1 heteroatoms. The van der Waals surface area contributed by atoms with Gasteiger partial charge in [-0.25, -0.2) is 0 Å². The fraction of sp³-hybridized carbons (Fsp3) is 0.667. The van der Waals surface area contributed by atoms with E-state index in [2.05, 4.69) is 32.6 Å². The molecule has 42 valence electrons. The molecule has 0 heterocycles. The summed E-state index contributed by atoms with van der Waals surface area (Å²) in [6.07, 6.45) is 3.21. The van der Waals surface area contributed by atoms with Gasteiger partial charge < -0.3 is 0 Å². The number of hydrogen-bond donors (Lipinski definition) is 1. The Morgan fingerprint density at radius 2 is 2.14 bits per heavy atom. The molecule has 0 rings (SSSR count). The van der Waals surface area contributed by atoms with Crippen LogP contribution in [-0.4, -0.2) is 0 Å². The predicted molar refractivity (Wildman–Crippen MR) is 37.6 cm³/mol. The van der Waals surface area contributed by atoms with Gasteiger partial charge in [0, 0.05) is 0 Å². The Kier molecular flexibility index (Phi) is 4.31. The van der Waals surface area contributed by atoms with Crippen molar-refractivity contribution >= 4 is 12.6 Å². The van der Waals surface area contributed by atoms with Crippen molar-refractivity contribution in [1.29, 1.82) is 0 Å². The van der Waals surface area contributed by atoms with Gasteiger partial charge in [0.2, 0.25) is 0 Å². The number of thiol groups is 1. The van der Waals surface area contributed by atoms with E-state index in [1.165, 1.54) is 0 Å². The van der Waals surface area contributed by atoms with E-state index in [-0.39, 0.29) is 0 Å². The minimum absolute atomic E-state index is 0.767. The van der Waals surface area contributed by atoms with Gasteiger partial charge in [-0.05, 0) is 17.7 Å². The first-order valence-electron chi connectivity index (χ1n) is 2.56. The Hall–Kier alpha value is 0.0900. The molecule has 0 saturated carbocycles. The van der Waals surface area contributed by atoms with Gasteiger partial charge in [-0.3, -0.25) is 0 Å². The quantitative estimate of drug-likeness (QED) is 0.526. The Morgan fingerprint density at radius 3 is 2.29 bits per heavy atom. The minimum Gasteiger partial charge on any atom is -0.152 e. The lowest BCUT2D eigenvalue weighted by Crippen LogP contribution is -1.79. The summed E-state index contributed by atoms with van der Waals surface area (Å²) in [5.74, 6) is 0.767. The molecule has 0 unspecified atom stereocenters. The Bertz CT molecular complexity index is 55.2. The van der Waals surface area contributed by atoms with Crippen LogP contribution in [0.1, 0.15) is 20.3 Å². The van der Waals surface area contributed by atoms with Crippen LogP contribution in [0.3, 0.4) is 0 Å². The van der Waals surface area contributed by atoms with Crippen molar-refractivity contribution in [2.45, 2.75) is 20.3 Å². The average molecular weight is 116 g/mol. The molecular weight excluding hydrogens is 104 g/mol. The molecule has 0 saturated heterocycles. The zero-order chi connectivity index (χ0) is 5.70. The van der Waals surface area contributed by atoms with Gasteiger partial charge in [0.15, 0.2) is 0 Å². The zero-order valence-corrected chi connectivity index (χ0v) is 5.78. The molecule has 0 fully saturated rings. The largest absolute Gasteiger partial charge is 0.152 e. The Balaban J connectivity index is 2.97. The van der Waals surface area contributed by atoms with Crippen LogP contribution >= 0.6 is 12.6 Å². The van der Waals surface area contributed by atoms with Crippen LogP contribution in [0.15, 0.2) is 11.5 Å². The maximum Gasteiger partial charge on any atom is -0.0319 e. The summed E-state index contributed by atoms with van der Waals surface area (Å²) < 4.78 is 0. The van der Waals surface area contributed by atoms with E-state index < -0.39 is 0 Å². The second-order valence-corrected chi connectivity index (χ2v) is 2.31. The van der Waals surface area contributed by atoms with E-state index >= 15 is 0 Å². The van der Waals surface area contributed by atoms with E-state index in [9.17, 15) is 0 Å². The molecule has 0 N–H and O–H groups in total. The fourth-order valence-electron chi connectivity index (χ4n) is 0.333. The van der Waals surface area contributed by atoms with Crippen molar-refractivity contribution in [1.82, 2.24) is 0 Å². The molecule has 0 radical (unpaired) electrons. The molecule has 0 aromatic rings.